The Hall–Kier alpha value is -3.11. The van der Waals surface area contributed by atoms with Gasteiger partial charge in [0.15, 0.2) is 0 Å². The second kappa shape index (κ2) is 8.06. The van der Waals surface area contributed by atoms with E-state index >= 15 is 0 Å². The SMILES string of the molecule is Fc1ccccc1-n1cc(CNCC#Cc2ccc(C(F)(F)F)cc2)cn1. The van der Waals surface area contributed by atoms with Crippen LogP contribution in [0.4, 0.5) is 17.6 Å². The van der Waals surface area contributed by atoms with Crippen LogP contribution in [-0.4, -0.2) is 16.3 Å². The molecule has 2 aromatic carbocycles. The molecule has 1 N–H and O–H groups in total. The molecule has 0 fully saturated rings. The van der Waals surface area contributed by atoms with Crippen molar-refractivity contribution in [2.75, 3.05) is 6.54 Å². The quantitative estimate of drug-likeness (QED) is 0.423. The average Bonchev–Trinajstić information content (AvgIpc) is 3.10. The predicted octanol–water partition coefficient (Wildman–Crippen LogP) is 4.17. The van der Waals surface area contributed by atoms with Gasteiger partial charge in [-0.2, -0.15) is 18.3 Å². The fourth-order valence-corrected chi connectivity index (χ4v) is 2.38. The Kier molecular flexibility index (Phi) is 5.57. The van der Waals surface area contributed by atoms with Crippen LogP contribution in [0.5, 0.6) is 0 Å². The molecule has 27 heavy (non-hydrogen) atoms. The van der Waals surface area contributed by atoms with Crippen molar-refractivity contribution in [1.82, 2.24) is 15.1 Å². The minimum atomic E-state index is -4.35. The minimum Gasteiger partial charge on any atom is -0.302 e. The fraction of sp³-hybridized carbons (Fsp3) is 0.150. The van der Waals surface area contributed by atoms with Crippen molar-refractivity contribution in [3.63, 3.8) is 0 Å². The first-order valence-electron chi connectivity index (χ1n) is 8.09. The molecule has 0 bridgehead atoms. The molecule has 0 saturated carbocycles. The smallest absolute Gasteiger partial charge is 0.302 e. The van der Waals surface area contributed by atoms with Crippen LogP contribution >= 0.6 is 0 Å². The molecular formula is C20H15F4N3. The third kappa shape index (κ3) is 4.96. The van der Waals surface area contributed by atoms with Crippen molar-refractivity contribution in [2.45, 2.75) is 12.7 Å². The van der Waals surface area contributed by atoms with E-state index in [1.807, 2.05) is 0 Å². The number of benzene rings is 2. The van der Waals surface area contributed by atoms with Gasteiger partial charge in [-0.25, -0.2) is 9.07 Å². The number of halogens is 4. The normalized spacial score (nSPS) is 11.1. The molecule has 1 aromatic heterocycles. The molecule has 0 aliphatic heterocycles. The van der Waals surface area contributed by atoms with Crippen LogP contribution in [0.15, 0.2) is 60.9 Å². The van der Waals surface area contributed by atoms with E-state index in [1.165, 1.54) is 22.9 Å². The Morgan fingerprint density at radius 2 is 1.78 bits per heavy atom. The first-order chi connectivity index (χ1) is 12.9. The van der Waals surface area contributed by atoms with Crippen molar-refractivity contribution in [3.8, 4) is 17.5 Å². The third-order valence-electron chi connectivity index (χ3n) is 3.72. The summed E-state index contributed by atoms with van der Waals surface area (Å²) in [5.41, 5.74) is 1.04. The number of aromatic nitrogens is 2. The van der Waals surface area contributed by atoms with Crippen molar-refractivity contribution in [2.24, 2.45) is 0 Å². The highest BCUT2D eigenvalue weighted by molar-refractivity contribution is 5.37. The molecule has 0 atom stereocenters. The summed E-state index contributed by atoms with van der Waals surface area (Å²) < 4.78 is 52.7. The van der Waals surface area contributed by atoms with Gasteiger partial charge < -0.3 is 5.32 Å². The molecule has 3 rings (SSSR count). The van der Waals surface area contributed by atoms with E-state index in [-0.39, 0.29) is 5.82 Å². The van der Waals surface area contributed by atoms with Crippen LogP contribution in [0.3, 0.4) is 0 Å². The molecule has 0 radical (unpaired) electrons. The average molecular weight is 373 g/mol. The second-order valence-electron chi connectivity index (χ2n) is 5.73. The Morgan fingerprint density at radius 1 is 1.04 bits per heavy atom. The van der Waals surface area contributed by atoms with Gasteiger partial charge >= 0.3 is 6.18 Å². The van der Waals surface area contributed by atoms with Gasteiger partial charge in [0, 0.05) is 23.9 Å². The molecule has 0 aliphatic carbocycles. The summed E-state index contributed by atoms with van der Waals surface area (Å²) >= 11 is 0. The maximum Gasteiger partial charge on any atom is 0.416 e. The predicted molar refractivity (Wildman–Crippen MR) is 93.6 cm³/mol. The minimum absolute atomic E-state index is 0.353. The number of rotatable bonds is 4. The summed E-state index contributed by atoms with van der Waals surface area (Å²) in [6.07, 6.45) is -1.00. The van der Waals surface area contributed by atoms with E-state index in [1.54, 1.807) is 30.6 Å². The van der Waals surface area contributed by atoms with E-state index in [0.29, 0.717) is 24.3 Å². The monoisotopic (exact) mass is 373 g/mol. The van der Waals surface area contributed by atoms with Crippen molar-refractivity contribution < 1.29 is 17.6 Å². The van der Waals surface area contributed by atoms with Crippen LogP contribution in [0.2, 0.25) is 0 Å². The Bertz CT molecular complexity index is 963. The van der Waals surface area contributed by atoms with Crippen LogP contribution in [0.1, 0.15) is 16.7 Å². The van der Waals surface area contributed by atoms with E-state index in [2.05, 4.69) is 22.3 Å². The zero-order valence-electron chi connectivity index (χ0n) is 14.1. The largest absolute Gasteiger partial charge is 0.416 e. The molecule has 3 aromatic rings. The van der Waals surface area contributed by atoms with Crippen LogP contribution < -0.4 is 5.32 Å². The number of nitrogens with one attached hydrogen (secondary N) is 1. The molecule has 0 amide bonds. The van der Waals surface area contributed by atoms with E-state index in [9.17, 15) is 17.6 Å². The lowest BCUT2D eigenvalue weighted by molar-refractivity contribution is -0.137. The second-order valence-corrected chi connectivity index (χ2v) is 5.73. The maximum absolute atomic E-state index is 13.7. The van der Waals surface area contributed by atoms with Crippen LogP contribution in [-0.2, 0) is 12.7 Å². The van der Waals surface area contributed by atoms with Crippen molar-refractivity contribution >= 4 is 0 Å². The van der Waals surface area contributed by atoms with Gasteiger partial charge in [-0.1, -0.05) is 24.0 Å². The Morgan fingerprint density at radius 3 is 2.48 bits per heavy atom. The number of alkyl halides is 3. The lowest BCUT2D eigenvalue weighted by atomic mass is 10.1. The summed E-state index contributed by atoms with van der Waals surface area (Å²) in [4.78, 5) is 0. The maximum atomic E-state index is 13.7. The molecule has 138 valence electrons. The van der Waals surface area contributed by atoms with Gasteiger partial charge in [0.25, 0.3) is 0 Å². The molecule has 0 unspecified atom stereocenters. The standard InChI is InChI=1S/C20H15F4N3/c21-18-5-1-2-6-19(18)27-14-16(13-26-27)12-25-11-3-4-15-7-9-17(10-8-15)20(22,23)24/h1-2,5-10,13-14,25H,11-12H2. The Balaban J connectivity index is 1.52. The Labute approximate surface area is 153 Å². The van der Waals surface area contributed by atoms with Gasteiger partial charge in [0.1, 0.15) is 11.5 Å². The first-order valence-corrected chi connectivity index (χ1v) is 8.09. The molecule has 3 nitrogen and oxygen atoms in total. The molecule has 0 saturated heterocycles. The first kappa shape index (κ1) is 18.7. The van der Waals surface area contributed by atoms with E-state index in [4.69, 9.17) is 0 Å². The lowest BCUT2D eigenvalue weighted by Crippen LogP contribution is -2.12. The summed E-state index contributed by atoms with van der Waals surface area (Å²) in [6, 6.07) is 11.0. The molecule has 0 spiro atoms. The topological polar surface area (TPSA) is 29.9 Å². The zero-order chi connectivity index (χ0) is 19.3. The molecule has 1 heterocycles. The van der Waals surface area contributed by atoms with Crippen molar-refractivity contribution in [1.29, 1.82) is 0 Å². The lowest BCUT2D eigenvalue weighted by Gasteiger charge is -2.05. The number of para-hydroxylation sites is 1. The van der Waals surface area contributed by atoms with Gasteiger partial charge in [0.2, 0.25) is 0 Å². The zero-order valence-corrected chi connectivity index (χ0v) is 14.1. The summed E-state index contributed by atoms with van der Waals surface area (Å²) in [5, 5.41) is 7.22. The molecule has 0 aliphatic rings. The van der Waals surface area contributed by atoms with E-state index < -0.39 is 11.7 Å². The molecular weight excluding hydrogens is 358 g/mol. The van der Waals surface area contributed by atoms with Crippen molar-refractivity contribution in [3.05, 3.63) is 83.4 Å². The van der Waals surface area contributed by atoms with Gasteiger partial charge in [0.05, 0.1) is 18.3 Å². The van der Waals surface area contributed by atoms with Crippen LogP contribution in [0.25, 0.3) is 5.69 Å². The fourth-order valence-electron chi connectivity index (χ4n) is 2.38. The van der Waals surface area contributed by atoms with Gasteiger partial charge in [-0.15, -0.1) is 0 Å². The number of hydrogen-bond donors (Lipinski definition) is 1. The van der Waals surface area contributed by atoms with Gasteiger partial charge in [-0.05, 0) is 36.4 Å². The summed E-state index contributed by atoms with van der Waals surface area (Å²) in [7, 11) is 0. The van der Waals surface area contributed by atoms with Crippen LogP contribution in [0, 0.1) is 17.7 Å². The number of nitrogens with zero attached hydrogens (tertiary/aromatic N) is 2. The van der Waals surface area contributed by atoms with E-state index in [0.717, 1.165) is 17.7 Å². The highest BCUT2D eigenvalue weighted by Crippen LogP contribution is 2.28. The summed E-state index contributed by atoms with van der Waals surface area (Å²) in [6.45, 7) is 0.835. The number of hydrogen-bond acceptors (Lipinski definition) is 2. The summed E-state index contributed by atoms with van der Waals surface area (Å²) in [5.74, 6) is 5.29. The molecule has 7 heteroatoms. The highest BCUT2D eigenvalue weighted by atomic mass is 19.4. The highest BCUT2D eigenvalue weighted by Gasteiger charge is 2.29. The third-order valence-corrected chi connectivity index (χ3v) is 3.72. The van der Waals surface area contributed by atoms with Gasteiger partial charge in [-0.3, -0.25) is 0 Å².